The number of benzene rings is 1. The number of rotatable bonds is 4. The number of alkyl halides is 3. The van der Waals surface area contributed by atoms with Crippen LogP contribution < -0.4 is 0 Å². The number of carbonyl (C=O) groups excluding carboxylic acids is 1. The van der Waals surface area contributed by atoms with Crippen LogP contribution in [0.1, 0.15) is 30.9 Å². The van der Waals surface area contributed by atoms with E-state index in [9.17, 15) is 32.6 Å². The number of carbonyl (C=O) groups is 1. The second kappa shape index (κ2) is 7.48. The first-order valence-corrected chi connectivity index (χ1v) is 7.64. The first-order valence-electron chi connectivity index (χ1n) is 7.64. The topological polar surface area (TPSA) is 60.8 Å². The molecule has 134 valence electrons. The number of likely N-dealkylation sites (tertiary alicyclic amines) is 1. The van der Waals surface area contributed by atoms with Gasteiger partial charge in [-0.05, 0) is 36.5 Å². The zero-order valence-corrected chi connectivity index (χ0v) is 12.8. The Bertz CT molecular complexity index is 571. The molecule has 1 saturated heterocycles. The minimum Gasteiger partial charge on any atom is -0.388 e. The van der Waals surface area contributed by atoms with Crippen LogP contribution >= 0.6 is 0 Å². The van der Waals surface area contributed by atoms with Crippen molar-refractivity contribution in [1.29, 1.82) is 0 Å². The van der Waals surface area contributed by atoms with E-state index in [2.05, 4.69) is 0 Å². The molecule has 1 aromatic carbocycles. The maximum Gasteiger partial charge on any atom is 0.414 e. The van der Waals surface area contributed by atoms with E-state index in [0.29, 0.717) is 0 Å². The van der Waals surface area contributed by atoms with E-state index in [1.54, 1.807) is 0 Å². The first kappa shape index (κ1) is 18.7. The van der Waals surface area contributed by atoms with E-state index in [1.807, 2.05) is 0 Å². The molecule has 0 spiro atoms. The van der Waals surface area contributed by atoms with Crippen LogP contribution in [0.15, 0.2) is 24.3 Å². The van der Waals surface area contributed by atoms with Gasteiger partial charge in [-0.3, -0.25) is 4.79 Å². The van der Waals surface area contributed by atoms with Crippen molar-refractivity contribution >= 4 is 5.91 Å². The smallest absolute Gasteiger partial charge is 0.388 e. The maximum atomic E-state index is 13.1. The summed E-state index contributed by atoms with van der Waals surface area (Å²) in [7, 11) is 0. The van der Waals surface area contributed by atoms with Gasteiger partial charge in [0, 0.05) is 13.1 Å². The van der Waals surface area contributed by atoms with Crippen molar-refractivity contribution in [3.05, 3.63) is 35.6 Å². The fraction of sp³-hybridized carbons (Fsp3) is 0.562. The summed E-state index contributed by atoms with van der Waals surface area (Å²) in [6.07, 6.45) is -8.40. The Morgan fingerprint density at radius 3 is 2.42 bits per heavy atom. The summed E-state index contributed by atoms with van der Waals surface area (Å²) in [5.41, 5.74) is 0.269. The lowest BCUT2D eigenvalue weighted by molar-refractivity contribution is -0.223. The molecular formula is C16H19F4NO3. The van der Waals surface area contributed by atoms with Crippen LogP contribution in [0.4, 0.5) is 17.6 Å². The molecule has 2 N–H and O–H groups in total. The van der Waals surface area contributed by atoms with Gasteiger partial charge in [-0.2, -0.15) is 13.2 Å². The molecule has 1 aliphatic heterocycles. The lowest BCUT2D eigenvalue weighted by Crippen LogP contribution is -2.45. The van der Waals surface area contributed by atoms with Gasteiger partial charge in [0.05, 0.1) is 12.5 Å². The minimum absolute atomic E-state index is 0.0441. The van der Waals surface area contributed by atoms with Gasteiger partial charge in [-0.25, -0.2) is 4.39 Å². The number of piperidine rings is 1. The number of aliphatic hydroxyl groups is 2. The highest BCUT2D eigenvalue weighted by atomic mass is 19.4. The van der Waals surface area contributed by atoms with Crippen molar-refractivity contribution in [3.8, 4) is 0 Å². The van der Waals surface area contributed by atoms with Crippen LogP contribution in [0.2, 0.25) is 0 Å². The normalized spacial score (nSPS) is 19.2. The van der Waals surface area contributed by atoms with E-state index in [1.165, 1.54) is 23.1 Å². The number of nitrogens with zero attached hydrogens (tertiary/aromatic N) is 1. The van der Waals surface area contributed by atoms with Gasteiger partial charge in [0.25, 0.3) is 0 Å². The molecule has 2 unspecified atom stereocenters. The molecule has 1 aliphatic rings. The van der Waals surface area contributed by atoms with Crippen LogP contribution in [-0.2, 0) is 4.79 Å². The van der Waals surface area contributed by atoms with Gasteiger partial charge in [-0.15, -0.1) is 0 Å². The Balaban J connectivity index is 1.87. The van der Waals surface area contributed by atoms with Crippen molar-refractivity contribution in [1.82, 2.24) is 4.90 Å². The molecule has 1 aromatic rings. The van der Waals surface area contributed by atoms with Gasteiger partial charge in [0.2, 0.25) is 5.91 Å². The maximum absolute atomic E-state index is 13.1. The standard InChI is InChI=1S/C16H19F4NO3/c17-12-3-1-2-11(8-12)13(22)9-14(23)21-6-4-10(5-7-21)15(24)16(18,19)20/h1-3,8,10,13,15,22,24H,4-7,9H2. The van der Waals surface area contributed by atoms with Gasteiger partial charge in [0.1, 0.15) is 5.82 Å². The minimum atomic E-state index is -4.66. The van der Waals surface area contributed by atoms with Crippen LogP contribution in [0.3, 0.4) is 0 Å². The van der Waals surface area contributed by atoms with Gasteiger partial charge >= 0.3 is 6.18 Å². The zero-order valence-electron chi connectivity index (χ0n) is 12.8. The summed E-state index contributed by atoms with van der Waals surface area (Å²) in [5.74, 6) is -1.87. The highest BCUT2D eigenvalue weighted by Crippen LogP contribution is 2.32. The molecule has 0 saturated carbocycles. The Morgan fingerprint density at radius 2 is 1.88 bits per heavy atom. The van der Waals surface area contributed by atoms with E-state index in [4.69, 9.17) is 0 Å². The van der Waals surface area contributed by atoms with E-state index < -0.39 is 36.0 Å². The molecule has 1 amide bonds. The summed E-state index contributed by atoms with van der Waals surface area (Å²) in [5, 5.41) is 19.2. The summed E-state index contributed by atoms with van der Waals surface area (Å²) in [6, 6.07) is 5.26. The average Bonchev–Trinajstić information content (AvgIpc) is 2.53. The molecule has 1 fully saturated rings. The van der Waals surface area contributed by atoms with Crippen LogP contribution in [-0.4, -0.2) is 46.4 Å². The van der Waals surface area contributed by atoms with Crippen molar-refractivity contribution in [2.24, 2.45) is 5.92 Å². The predicted molar refractivity (Wildman–Crippen MR) is 77.3 cm³/mol. The van der Waals surface area contributed by atoms with Crippen LogP contribution in [0.5, 0.6) is 0 Å². The fourth-order valence-corrected chi connectivity index (χ4v) is 2.86. The number of hydrogen-bond donors (Lipinski definition) is 2. The second-order valence-electron chi connectivity index (χ2n) is 5.98. The molecule has 24 heavy (non-hydrogen) atoms. The monoisotopic (exact) mass is 349 g/mol. The average molecular weight is 349 g/mol. The Hall–Kier alpha value is -1.67. The highest BCUT2D eigenvalue weighted by Gasteiger charge is 2.44. The quantitative estimate of drug-likeness (QED) is 0.821. The molecule has 1 heterocycles. The molecule has 8 heteroatoms. The van der Waals surface area contributed by atoms with Crippen molar-refractivity contribution in [3.63, 3.8) is 0 Å². The highest BCUT2D eigenvalue weighted by molar-refractivity contribution is 5.77. The summed E-state index contributed by atoms with van der Waals surface area (Å²) < 4.78 is 50.6. The SMILES string of the molecule is O=C(CC(O)c1cccc(F)c1)N1CCC(C(O)C(F)(F)F)CC1. The molecule has 4 nitrogen and oxygen atoms in total. The van der Waals surface area contributed by atoms with E-state index in [0.717, 1.165) is 6.07 Å². The zero-order chi connectivity index (χ0) is 17.9. The van der Waals surface area contributed by atoms with Gasteiger partial charge < -0.3 is 15.1 Å². The first-order chi connectivity index (χ1) is 11.2. The molecule has 2 atom stereocenters. The summed E-state index contributed by atoms with van der Waals surface area (Å²) >= 11 is 0. The fourth-order valence-electron chi connectivity index (χ4n) is 2.86. The molecular weight excluding hydrogens is 330 g/mol. The molecule has 0 aliphatic carbocycles. The van der Waals surface area contributed by atoms with Crippen molar-refractivity contribution in [2.45, 2.75) is 37.6 Å². The number of aliphatic hydroxyl groups excluding tert-OH is 2. The molecule has 0 bridgehead atoms. The largest absolute Gasteiger partial charge is 0.414 e. The lowest BCUT2D eigenvalue weighted by atomic mass is 9.90. The number of hydrogen-bond acceptors (Lipinski definition) is 3. The Kier molecular flexibility index (Phi) is 5.82. The summed E-state index contributed by atoms with van der Waals surface area (Å²) in [6.45, 7) is 0.180. The summed E-state index contributed by atoms with van der Waals surface area (Å²) in [4.78, 5) is 13.5. The van der Waals surface area contributed by atoms with Crippen molar-refractivity contribution < 1.29 is 32.6 Å². The van der Waals surface area contributed by atoms with Crippen molar-refractivity contribution in [2.75, 3.05) is 13.1 Å². The third-order valence-electron chi connectivity index (χ3n) is 4.28. The van der Waals surface area contributed by atoms with Gasteiger partial charge in [0.15, 0.2) is 6.10 Å². The molecule has 2 rings (SSSR count). The predicted octanol–water partition coefficient (Wildman–Crippen LogP) is 2.41. The van der Waals surface area contributed by atoms with Crippen LogP contribution in [0, 0.1) is 11.7 Å². The lowest BCUT2D eigenvalue weighted by Gasteiger charge is -2.35. The third-order valence-corrected chi connectivity index (χ3v) is 4.28. The third kappa shape index (κ3) is 4.67. The van der Waals surface area contributed by atoms with E-state index >= 15 is 0 Å². The molecule has 0 radical (unpaired) electrons. The van der Waals surface area contributed by atoms with Gasteiger partial charge in [-0.1, -0.05) is 12.1 Å². The van der Waals surface area contributed by atoms with E-state index in [-0.39, 0.29) is 37.9 Å². The second-order valence-corrected chi connectivity index (χ2v) is 5.98. The van der Waals surface area contributed by atoms with Crippen LogP contribution in [0.25, 0.3) is 0 Å². The molecule has 0 aromatic heterocycles. The Morgan fingerprint density at radius 1 is 1.25 bits per heavy atom. The number of amides is 1. The Labute approximate surface area is 136 Å². The number of halogens is 4.